The number of amides is 1. The zero-order chi connectivity index (χ0) is 16.1. The zero-order valence-corrected chi connectivity index (χ0v) is 13.9. The van der Waals surface area contributed by atoms with Crippen molar-refractivity contribution >= 4 is 23.6 Å². The maximum absolute atomic E-state index is 12.5. The minimum absolute atomic E-state index is 0.0970. The van der Waals surface area contributed by atoms with Crippen molar-refractivity contribution in [2.45, 2.75) is 55.7 Å². The fourth-order valence-electron chi connectivity index (χ4n) is 2.67. The Morgan fingerprint density at radius 3 is 2.50 bits per heavy atom. The van der Waals surface area contributed by atoms with E-state index < -0.39 is 11.2 Å². The fraction of sp³-hybridized carbons (Fsp3) is 0.529. The number of benzene rings is 1. The van der Waals surface area contributed by atoms with Gasteiger partial charge >= 0.3 is 5.97 Å². The SMILES string of the molecule is CC1CCC(NC(=O)c2ccccc2SC(C)C(=O)O)CC1. The maximum Gasteiger partial charge on any atom is 0.316 e. The van der Waals surface area contributed by atoms with Crippen LogP contribution in [-0.4, -0.2) is 28.3 Å². The summed E-state index contributed by atoms with van der Waals surface area (Å²) in [4.78, 5) is 24.2. The lowest BCUT2D eigenvalue weighted by Gasteiger charge is -2.27. The molecule has 1 atom stereocenters. The normalized spacial score (nSPS) is 22.8. The van der Waals surface area contributed by atoms with Crippen molar-refractivity contribution < 1.29 is 14.7 Å². The summed E-state index contributed by atoms with van der Waals surface area (Å²) in [7, 11) is 0. The summed E-state index contributed by atoms with van der Waals surface area (Å²) in [5, 5.41) is 11.6. The van der Waals surface area contributed by atoms with Crippen LogP contribution >= 0.6 is 11.8 Å². The summed E-state index contributed by atoms with van der Waals surface area (Å²) < 4.78 is 0. The third-order valence-electron chi connectivity index (χ3n) is 4.13. The van der Waals surface area contributed by atoms with E-state index in [4.69, 9.17) is 5.11 Å². The van der Waals surface area contributed by atoms with Gasteiger partial charge in [0.15, 0.2) is 0 Å². The highest BCUT2D eigenvalue weighted by Crippen LogP contribution is 2.28. The monoisotopic (exact) mass is 321 g/mol. The zero-order valence-electron chi connectivity index (χ0n) is 13.0. The molecule has 1 amide bonds. The second-order valence-electron chi connectivity index (χ2n) is 6.02. The summed E-state index contributed by atoms with van der Waals surface area (Å²) in [5.74, 6) is -0.228. The topological polar surface area (TPSA) is 66.4 Å². The Morgan fingerprint density at radius 1 is 1.23 bits per heavy atom. The molecule has 1 aromatic rings. The van der Waals surface area contributed by atoms with E-state index >= 15 is 0 Å². The van der Waals surface area contributed by atoms with Crippen LogP contribution < -0.4 is 5.32 Å². The second-order valence-corrected chi connectivity index (χ2v) is 7.41. The second kappa shape index (κ2) is 7.68. The molecule has 0 radical (unpaired) electrons. The number of carboxylic acids is 1. The Bertz CT molecular complexity index is 538. The van der Waals surface area contributed by atoms with Crippen LogP contribution in [0.25, 0.3) is 0 Å². The molecule has 5 heteroatoms. The van der Waals surface area contributed by atoms with E-state index in [1.165, 1.54) is 11.8 Å². The largest absolute Gasteiger partial charge is 0.480 e. The molecule has 1 saturated carbocycles. The first kappa shape index (κ1) is 16.9. The summed E-state index contributed by atoms with van der Waals surface area (Å²) in [6, 6.07) is 7.45. The average Bonchev–Trinajstić information content (AvgIpc) is 2.50. The van der Waals surface area contributed by atoms with Gasteiger partial charge in [-0.2, -0.15) is 0 Å². The van der Waals surface area contributed by atoms with E-state index in [9.17, 15) is 9.59 Å². The van der Waals surface area contributed by atoms with Crippen LogP contribution in [0, 0.1) is 5.92 Å². The number of carbonyl (C=O) groups is 2. The Hall–Kier alpha value is -1.49. The molecule has 0 aromatic heterocycles. The quantitative estimate of drug-likeness (QED) is 0.814. The number of carbonyl (C=O) groups excluding carboxylic acids is 1. The minimum Gasteiger partial charge on any atom is -0.480 e. The van der Waals surface area contributed by atoms with E-state index in [2.05, 4.69) is 12.2 Å². The molecule has 1 aromatic carbocycles. The summed E-state index contributed by atoms with van der Waals surface area (Å²) in [5.41, 5.74) is 0.569. The van der Waals surface area contributed by atoms with E-state index in [1.54, 1.807) is 13.0 Å². The molecule has 4 nitrogen and oxygen atoms in total. The molecule has 0 spiro atoms. The standard InChI is InChI=1S/C17H23NO3S/c1-11-7-9-13(10-8-11)18-16(19)14-5-3-4-6-15(14)22-12(2)17(20)21/h3-6,11-13H,7-10H2,1-2H3,(H,18,19)(H,20,21). The van der Waals surface area contributed by atoms with Gasteiger partial charge in [-0.15, -0.1) is 11.8 Å². The van der Waals surface area contributed by atoms with Crippen LogP contribution in [0.2, 0.25) is 0 Å². The smallest absolute Gasteiger partial charge is 0.316 e. The third-order valence-corrected chi connectivity index (χ3v) is 5.30. The average molecular weight is 321 g/mol. The van der Waals surface area contributed by atoms with E-state index in [0.717, 1.165) is 36.5 Å². The molecule has 1 fully saturated rings. The number of aliphatic carboxylic acids is 1. The van der Waals surface area contributed by atoms with Gasteiger partial charge in [-0.1, -0.05) is 19.1 Å². The fourth-order valence-corrected chi connectivity index (χ4v) is 3.59. The summed E-state index contributed by atoms with van der Waals surface area (Å²) in [6.07, 6.45) is 4.34. The first-order valence-electron chi connectivity index (χ1n) is 7.76. The molecule has 22 heavy (non-hydrogen) atoms. The van der Waals surface area contributed by atoms with Crippen molar-refractivity contribution in [1.29, 1.82) is 0 Å². The predicted molar refractivity (Wildman–Crippen MR) is 88.3 cm³/mol. The van der Waals surface area contributed by atoms with Crippen LogP contribution in [0.5, 0.6) is 0 Å². The highest BCUT2D eigenvalue weighted by molar-refractivity contribution is 8.00. The van der Waals surface area contributed by atoms with Crippen molar-refractivity contribution in [3.63, 3.8) is 0 Å². The molecule has 120 valence electrons. The first-order valence-corrected chi connectivity index (χ1v) is 8.64. The Morgan fingerprint density at radius 2 is 1.86 bits per heavy atom. The highest BCUT2D eigenvalue weighted by atomic mass is 32.2. The predicted octanol–water partition coefficient (Wildman–Crippen LogP) is 3.56. The maximum atomic E-state index is 12.5. The lowest BCUT2D eigenvalue weighted by Crippen LogP contribution is -2.37. The Kier molecular flexibility index (Phi) is 5.89. The van der Waals surface area contributed by atoms with Gasteiger partial charge in [-0.3, -0.25) is 9.59 Å². The number of nitrogens with one attached hydrogen (secondary N) is 1. The van der Waals surface area contributed by atoms with Gasteiger partial charge in [0.1, 0.15) is 5.25 Å². The molecular formula is C17H23NO3S. The van der Waals surface area contributed by atoms with Gasteiger partial charge in [0, 0.05) is 10.9 Å². The molecule has 0 heterocycles. The summed E-state index contributed by atoms with van der Waals surface area (Å²) in [6.45, 7) is 3.88. The molecule has 1 aliphatic carbocycles. The van der Waals surface area contributed by atoms with Gasteiger partial charge in [-0.05, 0) is 50.7 Å². The van der Waals surface area contributed by atoms with Gasteiger partial charge < -0.3 is 10.4 Å². The number of rotatable bonds is 5. The molecule has 2 N–H and O–H groups in total. The Labute approximate surface area is 135 Å². The van der Waals surface area contributed by atoms with Crippen LogP contribution in [0.15, 0.2) is 29.2 Å². The van der Waals surface area contributed by atoms with Crippen LogP contribution in [0.4, 0.5) is 0 Å². The van der Waals surface area contributed by atoms with E-state index in [0.29, 0.717) is 5.56 Å². The number of carboxylic acid groups (broad SMARTS) is 1. The Balaban J connectivity index is 2.04. The van der Waals surface area contributed by atoms with Crippen molar-refractivity contribution in [3.8, 4) is 0 Å². The lowest BCUT2D eigenvalue weighted by molar-refractivity contribution is -0.136. The molecular weight excluding hydrogens is 298 g/mol. The minimum atomic E-state index is -0.874. The molecule has 0 saturated heterocycles. The molecule has 1 unspecified atom stereocenters. The third kappa shape index (κ3) is 4.50. The number of thioether (sulfide) groups is 1. The van der Waals surface area contributed by atoms with Gasteiger partial charge in [0.2, 0.25) is 0 Å². The van der Waals surface area contributed by atoms with Crippen LogP contribution in [0.3, 0.4) is 0 Å². The van der Waals surface area contributed by atoms with Crippen LogP contribution in [0.1, 0.15) is 49.9 Å². The number of hydrogen-bond acceptors (Lipinski definition) is 3. The van der Waals surface area contributed by atoms with Gasteiger partial charge in [0.25, 0.3) is 5.91 Å². The van der Waals surface area contributed by atoms with Gasteiger partial charge in [-0.25, -0.2) is 0 Å². The lowest BCUT2D eigenvalue weighted by atomic mass is 9.87. The molecule has 1 aliphatic rings. The van der Waals surface area contributed by atoms with E-state index in [-0.39, 0.29) is 11.9 Å². The molecule has 0 aliphatic heterocycles. The molecule has 0 bridgehead atoms. The van der Waals surface area contributed by atoms with Crippen LogP contribution in [-0.2, 0) is 4.79 Å². The number of hydrogen-bond donors (Lipinski definition) is 2. The van der Waals surface area contributed by atoms with Gasteiger partial charge in [0.05, 0.1) is 5.56 Å². The van der Waals surface area contributed by atoms with Crippen molar-refractivity contribution in [3.05, 3.63) is 29.8 Å². The highest BCUT2D eigenvalue weighted by Gasteiger charge is 2.22. The van der Waals surface area contributed by atoms with Crippen molar-refractivity contribution in [1.82, 2.24) is 5.32 Å². The van der Waals surface area contributed by atoms with E-state index in [1.807, 2.05) is 18.2 Å². The van der Waals surface area contributed by atoms with Crippen molar-refractivity contribution in [2.75, 3.05) is 0 Å². The van der Waals surface area contributed by atoms with Crippen molar-refractivity contribution in [2.24, 2.45) is 5.92 Å². The first-order chi connectivity index (χ1) is 10.5. The summed E-state index contributed by atoms with van der Waals surface area (Å²) >= 11 is 1.21. The molecule has 2 rings (SSSR count).